The van der Waals surface area contributed by atoms with Crippen LogP contribution in [0, 0.1) is 5.92 Å². The molecule has 5 nitrogen and oxygen atoms in total. The van der Waals surface area contributed by atoms with Gasteiger partial charge in [0.25, 0.3) is 0 Å². The van der Waals surface area contributed by atoms with Gasteiger partial charge in [-0.1, -0.05) is 0 Å². The normalized spacial score (nSPS) is 20.1. The second-order valence-electron chi connectivity index (χ2n) is 4.82. The number of hydrogen-bond donors (Lipinski definition) is 3. The molecule has 0 amide bonds. The van der Waals surface area contributed by atoms with E-state index in [0.29, 0.717) is 11.5 Å². The van der Waals surface area contributed by atoms with Crippen molar-refractivity contribution in [2.45, 2.75) is 12.8 Å². The van der Waals surface area contributed by atoms with E-state index >= 15 is 0 Å². The molecule has 1 aliphatic heterocycles. The number of H-pyrrole nitrogens is 1. The maximum absolute atomic E-state index is 11.1. The lowest BCUT2D eigenvalue weighted by Crippen LogP contribution is -2.33. The average Bonchev–Trinajstić information content (AvgIpc) is 2.77. The van der Waals surface area contributed by atoms with E-state index in [4.69, 9.17) is 4.42 Å². The van der Waals surface area contributed by atoms with Gasteiger partial charge in [-0.25, -0.2) is 4.79 Å². The molecular weight excluding hydrogens is 230 g/mol. The molecule has 3 N–H and O–H groups in total. The SMILES string of the molecule is O=c1[nH]c2ccc(NCC3CCCNC3)cc2o1. The van der Waals surface area contributed by atoms with Crippen LogP contribution >= 0.6 is 0 Å². The summed E-state index contributed by atoms with van der Waals surface area (Å²) in [4.78, 5) is 13.7. The van der Waals surface area contributed by atoms with E-state index in [9.17, 15) is 4.79 Å². The van der Waals surface area contributed by atoms with E-state index in [2.05, 4.69) is 15.6 Å². The van der Waals surface area contributed by atoms with Gasteiger partial charge in [0.1, 0.15) is 0 Å². The Balaban J connectivity index is 1.68. The molecule has 1 aliphatic rings. The fraction of sp³-hybridized carbons (Fsp3) is 0.462. The van der Waals surface area contributed by atoms with Crippen LogP contribution in [0.4, 0.5) is 5.69 Å². The second kappa shape index (κ2) is 4.86. The van der Waals surface area contributed by atoms with E-state index in [1.807, 2.05) is 18.2 Å². The Morgan fingerprint density at radius 1 is 1.44 bits per heavy atom. The van der Waals surface area contributed by atoms with E-state index in [1.54, 1.807) is 0 Å². The largest absolute Gasteiger partial charge is 0.417 e. The van der Waals surface area contributed by atoms with Gasteiger partial charge in [-0.15, -0.1) is 0 Å². The van der Waals surface area contributed by atoms with Gasteiger partial charge in [0, 0.05) is 18.3 Å². The van der Waals surface area contributed by atoms with Crippen LogP contribution in [0.5, 0.6) is 0 Å². The van der Waals surface area contributed by atoms with Crippen molar-refractivity contribution in [2.75, 3.05) is 25.0 Å². The highest BCUT2D eigenvalue weighted by molar-refractivity contribution is 5.76. The summed E-state index contributed by atoms with van der Waals surface area (Å²) < 4.78 is 5.04. The quantitative estimate of drug-likeness (QED) is 0.769. The Morgan fingerprint density at radius 2 is 2.39 bits per heavy atom. The van der Waals surface area contributed by atoms with Gasteiger partial charge in [-0.3, -0.25) is 4.98 Å². The summed E-state index contributed by atoms with van der Waals surface area (Å²) in [7, 11) is 0. The fourth-order valence-corrected chi connectivity index (χ4v) is 2.42. The molecule has 96 valence electrons. The number of aromatic amines is 1. The standard InChI is InChI=1S/C13H17N3O2/c17-13-16-11-4-3-10(6-12(11)18-13)15-8-9-2-1-5-14-7-9/h3-4,6,9,14-15H,1-2,5,7-8H2,(H,16,17). The van der Waals surface area contributed by atoms with Crippen molar-refractivity contribution < 1.29 is 4.42 Å². The molecule has 1 unspecified atom stereocenters. The Labute approximate surface area is 105 Å². The first-order valence-corrected chi connectivity index (χ1v) is 6.39. The Morgan fingerprint density at radius 3 is 3.22 bits per heavy atom. The minimum Gasteiger partial charge on any atom is -0.408 e. The molecule has 3 rings (SSSR count). The predicted octanol–water partition coefficient (Wildman–Crippen LogP) is 1.53. The molecule has 0 bridgehead atoms. The highest BCUT2D eigenvalue weighted by Gasteiger charge is 2.12. The summed E-state index contributed by atoms with van der Waals surface area (Å²) in [5, 5.41) is 6.80. The molecule has 0 aliphatic carbocycles. The van der Waals surface area contributed by atoms with Crippen LogP contribution in [0.2, 0.25) is 0 Å². The summed E-state index contributed by atoms with van der Waals surface area (Å²) in [5.74, 6) is 0.270. The van der Waals surface area contributed by atoms with Gasteiger partial charge in [0.15, 0.2) is 5.58 Å². The van der Waals surface area contributed by atoms with Crippen molar-refractivity contribution in [1.29, 1.82) is 0 Å². The first-order valence-electron chi connectivity index (χ1n) is 6.39. The molecule has 1 aromatic carbocycles. The van der Waals surface area contributed by atoms with Crippen LogP contribution < -0.4 is 16.4 Å². The number of anilines is 1. The number of benzene rings is 1. The van der Waals surface area contributed by atoms with Crippen molar-refractivity contribution in [2.24, 2.45) is 5.92 Å². The monoisotopic (exact) mass is 247 g/mol. The molecule has 1 aromatic heterocycles. The van der Waals surface area contributed by atoms with Crippen LogP contribution in [0.3, 0.4) is 0 Å². The molecule has 1 atom stereocenters. The molecule has 0 saturated carbocycles. The molecule has 1 fully saturated rings. The third-order valence-electron chi connectivity index (χ3n) is 3.41. The Hall–Kier alpha value is -1.75. The first-order chi connectivity index (χ1) is 8.81. The van der Waals surface area contributed by atoms with Gasteiger partial charge < -0.3 is 15.1 Å². The van der Waals surface area contributed by atoms with Crippen molar-refractivity contribution in [3.63, 3.8) is 0 Å². The molecule has 0 spiro atoms. The predicted molar refractivity (Wildman–Crippen MR) is 70.9 cm³/mol. The number of rotatable bonds is 3. The lowest BCUT2D eigenvalue weighted by Gasteiger charge is -2.23. The first kappa shape index (κ1) is 11.3. The van der Waals surface area contributed by atoms with Crippen LogP contribution in [0.1, 0.15) is 12.8 Å². The Kier molecular flexibility index (Phi) is 3.06. The molecule has 1 saturated heterocycles. The summed E-state index contributed by atoms with van der Waals surface area (Å²) in [6.45, 7) is 3.17. The van der Waals surface area contributed by atoms with Crippen molar-refractivity contribution in [3.8, 4) is 0 Å². The number of piperidine rings is 1. The van der Waals surface area contributed by atoms with Crippen LogP contribution in [0.25, 0.3) is 11.1 Å². The lowest BCUT2D eigenvalue weighted by atomic mass is 10.00. The van der Waals surface area contributed by atoms with Crippen LogP contribution in [-0.2, 0) is 0 Å². The third kappa shape index (κ3) is 2.41. The maximum Gasteiger partial charge on any atom is 0.417 e. The summed E-state index contributed by atoms with van der Waals surface area (Å²) in [6.07, 6.45) is 2.51. The summed E-state index contributed by atoms with van der Waals surface area (Å²) in [6, 6.07) is 5.69. The smallest absolute Gasteiger partial charge is 0.408 e. The Bertz CT molecular complexity index is 581. The third-order valence-corrected chi connectivity index (χ3v) is 3.41. The molecule has 0 radical (unpaired) electrons. The zero-order valence-corrected chi connectivity index (χ0v) is 10.2. The summed E-state index contributed by atoms with van der Waals surface area (Å²) in [5.41, 5.74) is 2.34. The second-order valence-corrected chi connectivity index (χ2v) is 4.82. The zero-order valence-electron chi connectivity index (χ0n) is 10.2. The molecular formula is C13H17N3O2. The lowest BCUT2D eigenvalue weighted by molar-refractivity contribution is 0.393. The topological polar surface area (TPSA) is 70.1 Å². The van der Waals surface area contributed by atoms with Gasteiger partial charge in [0.2, 0.25) is 0 Å². The van der Waals surface area contributed by atoms with Crippen LogP contribution in [-0.4, -0.2) is 24.6 Å². The van der Waals surface area contributed by atoms with E-state index in [0.717, 1.165) is 30.8 Å². The van der Waals surface area contributed by atoms with Crippen molar-refractivity contribution in [3.05, 3.63) is 28.7 Å². The molecule has 18 heavy (non-hydrogen) atoms. The van der Waals surface area contributed by atoms with E-state index < -0.39 is 5.76 Å². The zero-order chi connectivity index (χ0) is 12.4. The van der Waals surface area contributed by atoms with E-state index in [1.165, 1.54) is 12.8 Å². The number of aromatic nitrogens is 1. The van der Waals surface area contributed by atoms with Crippen LogP contribution in [0.15, 0.2) is 27.4 Å². The van der Waals surface area contributed by atoms with Crippen molar-refractivity contribution >= 4 is 16.8 Å². The van der Waals surface area contributed by atoms with Gasteiger partial charge in [-0.05, 0) is 44.0 Å². The maximum atomic E-state index is 11.1. The number of fused-ring (bicyclic) bond motifs is 1. The summed E-state index contributed by atoms with van der Waals surface area (Å²) >= 11 is 0. The molecule has 5 heteroatoms. The number of hydrogen-bond acceptors (Lipinski definition) is 4. The minimum atomic E-state index is -0.404. The van der Waals surface area contributed by atoms with Gasteiger partial charge in [-0.2, -0.15) is 0 Å². The highest BCUT2D eigenvalue weighted by atomic mass is 16.4. The van der Waals surface area contributed by atoms with Gasteiger partial charge >= 0.3 is 5.76 Å². The highest BCUT2D eigenvalue weighted by Crippen LogP contribution is 2.17. The molecule has 2 heterocycles. The van der Waals surface area contributed by atoms with E-state index in [-0.39, 0.29) is 0 Å². The van der Waals surface area contributed by atoms with Gasteiger partial charge in [0.05, 0.1) is 5.52 Å². The minimum absolute atomic E-state index is 0.404. The van der Waals surface area contributed by atoms with Crippen molar-refractivity contribution in [1.82, 2.24) is 10.3 Å². The number of oxazole rings is 1. The molecule has 2 aromatic rings. The number of nitrogens with one attached hydrogen (secondary N) is 3. The fourth-order valence-electron chi connectivity index (χ4n) is 2.42. The average molecular weight is 247 g/mol.